The van der Waals surface area contributed by atoms with Crippen LogP contribution in [0.25, 0.3) is 0 Å². The third-order valence-electron chi connectivity index (χ3n) is 2.55. The maximum Gasteiger partial charge on any atom is 0.209 e. The summed E-state index contributed by atoms with van der Waals surface area (Å²) in [5.41, 5.74) is 0. The van der Waals surface area contributed by atoms with Crippen LogP contribution >= 0.6 is 39.0 Å². The van der Waals surface area contributed by atoms with Gasteiger partial charge in [0.1, 0.15) is 0 Å². The van der Waals surface area contributed by atoms with Crippen molar-refractivity contribution in [2.24, 2.45) is 0 Å². The zero-order valence-corrected chi connectivity index (χ0v) is 12.6. The van der Waals surface area contributed by atoms with Crippen LogP contribution in [-0.2, 0) is 0 Å². The average molecular weight is 344 g/mol. The van der Waals surface area contributed by atoms with Crippen LogP contribution in [0, 0.1) is 0 Å². The molecule has 0 atom stereocenters. The molecule has 0 amide bonds. The van der Waals surface area contributed by atoms with E-state index in [1.807, 2.05) is 0 Å². The zero-order valence-electron chi connectivity index (χ0n) is 9.41. The Morgan fingerprint density at radius 1 is 1.17 bits per heavy atom. The maximum atomic E-state index is 4.22. The molecule has 1 fully saturated rings. The van der Waals surface area contributed by atoms with E-state index in [9.17, 15) is 0 Å². The standard InChI is InChI=1S/C10H10BrN5S2/c11-7-5-12-8(13-6-7)17-10-15-14-9(18-10)16-3-1-2-4-16/h5-6H,1-4H2. The summed E-state index contributed by atoms with van der Waals surface area (Å²) in [7, 11) is 0. The summed E-state index contributed by atoms with van der Waals surface area (Å²) < 4.78 is 1.76. The number of aromatic nitrogens is 4. The van der Waals surface area contributed by atoms with E-state index in [-0.39, 0.29) is 0 Å². The molecule has 0 N–H and O–H groups in total. The Bertz CT molecular complexity index is 523. The van der Waals surface area contributed by atoms with Crippen LogP contribution in [0.1, 0.15) is 12.8 Å². The third kappa shape index (κ3) is 2.81. The fraction of sp³-hybridized carbons (Fsp3) is 0.400. The molecule has 1 saturated heterocycles. The minimum Gasteiger partial charge on any atom is -0.347 e. The highest BCUT2D eigenvalue weighted by Crippen LogP contribution is 2.32. The van der Waals surface area contributed by atoms with Gasteiger partial charge in [-0.25, -0.2) is 9.97 Å². The number of rotatable bonds is 3. The summed E-state index contributed by atoms with van der Waals surface area (Å²) in [4.78, 5) is 10.7. The second kappa shape index (κ2) is 5.50. The first-order valence-corrected chi connectivity index (χ1v) is 7.98. The highest BCUT2D eigenvalue weighted by molar-refractivity contribution is 9.10. The lowest BCUT2D eigenvalue weighted by Crippen LogP contribution is -2.17. The van der Waals surface area contributed by atoms with E-state index in [0.717, 1.165) is 27.0 Å². The molecule has 0 unspecified atom stereocenters. The molecule has 94 valence electrons. The molecule has 1 aliphatic heterocycles. The molecule has 1 aliphatic rings. The first-order chi connectivity index (χ1) is 8.81. The first-order valence-electron chi connectivity index (χ1n) is 5.55. The van der Waals surface area contributed by atoms with Gasteiger partial charge < -0.3 is 4.90 Å². The van der Waals surface area contributed by atoms with Gasteiger partial charge in [0.15, 0.2) is 9.50 Å². The highest BCUT2D eigenvalue weighted by Gasteiger charge is 2.17. The summed E-state index contributed by atoms with van der Waals surface area (Å²) in [6, 6.07) is 0. The molecule has 0 aromatic carbocycles. The monoisotopic (exact) mass is 343 g/mol. The fourth-order valence-corrected chi connectivity index (χ4v) is 3.61. The molecule has 0 bridgehead atoms. The van der Waals surface area contributed by atoms with E-state index >= 15 is 0 Å². The van der Waals surface area contributed by atoms with Crippen molar-refractivity contribution in [3.8, 4) is 0 Å². The van der Waals surface area contributed by atoms with Crippen molar-refractivity contribution in [1.29, 1.82) is 0 Å². The molecule has 0 saturated carbocycles. The lowest BCUT2D eigenvalue weighted by molar-refractivity contribution is 0.908. The molecule has 2 aromatic heterocycles. The highest BCUT2D eigenvalue weighted by atomic mass is 79.9. The van der Waals surface area contributed by atoms with Crippen molar-refractivity contribution in [1.82, 2.24) is 20.2 Å². The summed E-state index contributed by atoms with van der Waals surface area (Å²) in [6.07, 6.45) is 5.96. The second-order valence-electron chi connectivity index (χ2n) is 3.83. The van der Waals surface area contributed by atoms with Crippen LogP contribution in [0.4, 0.5) is 5.13 Å². The van der Waals surface area contributed by atoms with Gasteiger partial charge in [0.05, 0.1) is 4.47 Å². The van der Waals surface area contributed by atoms with Crippen LogP contribution in [0.15, 0.2) is 26.4 Å². The molecule has 5 nitrogen and oxygen atoms in total. The van der Waals surface area contributed by atoms with Crippen LogP contribution in [0.2, 0.25) is 0 Å². The number of nitrogens with zero attached hydrogens (tertiary/aromatic N) is 5. The van der Waals surface area contributed by atoms with Crippen molar-refractivity contribution < 1.29 is 0 Å². The molecule has 2 aromatic rings. The number of hydrogen-bond acceptors (Lipinski definition) is 7. The smallest absolute Gasteiger partial charge is 0.209 e. The van der Waals surface area contributed by atoms with Crippen LogP contribution in [0.3, 0.4) is 0 Å². The van der Waals surface area contributed by atoms with E-state index in [2.05, 4.69) is 41.0 Å². The molecule has 3 heterocycles. The summed E-state index contributed by atoms with van der Waals surface area (Å²) in [5.74, 6) is 0. The molecular formula is C10H10BrN5S2. The quantitative estimate of drug-likeness (QED) is 0.798. The topological polar surface area (TPSA) is 54.8 Å². The second-order valence-corrected chi connectivity index (χ2v) is 6.92. The average Bonchev–Trinajstić information content (AvgIpc) is 3.02. The van der Waals surface area contributed by atoms with Crippen LogP contribution < -0.4 is 4.90 Å². The normalized spacial score (nSPS) is 15.3. The fourth-order valence-electron chi connectivity index (χ4n) is 1.71. The van der Waals surface area contributed by atoms with E-state index < -0.39 is 0 Å². The van der Waals surface area contributed by atoms with E-state index in [1.54, 1.807) is 23.7 Å². The third-order valence-corrected chi connectivity index (χ3v) is 4.89. The van der Waals surface area contributed by atoms with Gasteiger partial charge in [-0.2, -0.15) is 0 Å². The Morgan fingerprint density at radius 2 is 1.89 bits per heavy atom. The van der Waals surface area contributed by atoms with Crippen LogP contribution in [-0.4, -0.2) is 33.3 Å². The van der Waals surface area contributed by atoms with Crippen molar-refractivity contribution in [2.75, 3.05) is 18.0 Å². The van der Waals surface area contributed by atoms with Gasteiger partial charge in [-0.15, -0.1) is 10.2 Å². The number of hydrogen-bond donors (Lipinski definition) is 0. The molecule has 0 spiro atoms. The Morgan fingerprint density at radius 3 is 2.61 bits per heavy atom. The minimum absolute atomic E-state index is 0.697. The molecule has 0 radical (unpaired) electrons. The van der Waals surface area contributed by atoms with E-state index in [0.29, 0.717) is 5.16 Å². The van der Waals surface area contributed by atoms with Gasteiger partial charge in [-0.05, 0) is 40.5 Å². The minimum atomic E-state index is 0.697. The molecule has 3 rings (SSSR count). The van der Waals surface area contributed by atoms with Crippen molar-refractivity contribution in [3.63, 3.8) is 0 Å². The zero-order chi connectivity index (χ0) is 12.4. The Kier molecular flexibility index (Phi) is 3.76. The van der Waals surface area contributed by atoms with Crippen LogP contribution in [0.5, 0.6) is 0 Å². The molecular weight excluding hydrogens is 334 g/mol. The number of anilines is 1. The van der Waals surface area contributed by atoms with Crippen molar-refractivity contribution >= 4 is 44.2 Å². The lowest BCUT2D eigenvalue weighted by atomic mass is 10.4. The van der Waals surface area contributed by atoms with Gasteiger partial charge in [0.2, 0.25) is 5.13 Å². The van der Waals surface area contributed by atoms with Gasteiger partial charge in [0.25, 0.3) is 0 Å². The summed E-state index contributed by atoms with van der Waals surface area (Å²) in [6.45, 7) is 2.18. The molecule has 8 heteroatoms. The number of halogens is 1. The SMILES string of the molecule is Brc1cnc(Sc2nnc(N3CCCC3)s2)nc1. The maximum absolute atomic E-state index is 4.22. The predicted octanol–water partition coefficient (Wildman–Crippen LogP) is 2.84. The molecule has 0 aliphatic carbocycles. The Labute approximate surface area is 121 Å². The van der Waals surface area contributed by atoms with Gasteiger partial charge in [-0.1, -0.05) is 11.3 Å². The van der Waals surface area contributed by atoms with E-state index in [1.165, 1.54) is 24.6 Å². The lowest BCUT2D eigenvalue weighted by Gasteiger charge is -2.10. The Balaban J connectivity index is 1.71. The van der Waals surface area contributed by atoms with Gasteiger partial charge in [-0.3, -0.25) is 0 Å². The summed E-state index contributed by atoms with van der Waals surface area (Å²) >= 11 is 6.37. The first kappa shape index (κ1) is 12.3. The Hall–Kier alpha value is -0.730. The van der Waals surface area contributed by atoms with Gasteiger partial charge >= 0.3 is 0 Å². The van der Waals surface area contributed by atoms with Crippen molar-refractivity contribution in [3.05, 3.63) is 16.9 Å². The van der Waals surface area contributed by atoms with E-state index in [4.69, 9.17) is 0 Å². The largest absolute Gasteiger partial charge is 0.347 e. The molecule has 18 heavy (non-hydrogen) atoms. The van der Waals surface area contributed by atoms with Crippen molar-refractivity contribution in [2.45, 2.75) is 22.3 Å². The van der Waals surface area contributed by atoms with Gasteiger partial charge in [0, 0.05) is 25.5 Å². The predicted molar refractivity (Wildman–Crippen MR) is 75.2 cm³/mol. The summed E-state index contributed by atoms with van der Waals surface area (Å²) in [5, 5.41) is 10.1.